The summed E-state index contributed by atoms with van der Waals surface area (Å²) >= 11 is 3.58. The number of alkyl halides is 3. The minimum absolute atomic E-state index is 0.0680. The number of urea groups is 1. The lowest BCUT2D eigenvalue weighted by Gasteiger charge is -2.13. The largest absolute Gasteiger partial charge is 0.416 e. The zero-order valence-corrected chi connectivity index (χ0v) is 22.1. The summed E-state index contributed by atoms with van der Waals surface area (Å²) in [6, 6.07) is 25.9. The van der Waals surface area contributed by atoms with Crippen LogP contribution in [0.5, 0.6) is 0 Å². The van der Waals surface area contributed by atoms with Crippen molar-refractivity contribution >= 4 is 39.0 Å². The number of benzene rings is 3. The van der Waals surface area contributed by atoms with Crippen molar-refractivity contribution in [3.8, 4) is 11.1 Å². The second-order valence-electron chi connectivity index (χ2n) is 8.84. The molecule has 0 aliphatic heterocycles. The molecule has 0 atom stereocenters. The molecule has 0 aliphatic carbocycles. The number of carbonyl (C=O) groups excluding carboxylic acids is 1. The Labute approximate surface area is 231 Å². The average Bonchev–Trinajstić information content (AvgIpc) is 3.32. The Morgan fingerprint density at radius 1 is 0.846 bits per heavy atom. The van der Waals surface area contributed by atoms with E-state index < -0.39 is 17.8 Å². The molecule has 39 heavy (non-hydrogen) atoms. The minimum atomic E-state index is -4.48. The van der Waals surface area contributed by atoms with E-state index in [1.165, 1.54) is 12.1 Å². The van der Waals surface area contributed by atoms with Gasteiger partial charge in [0.15, 0.2) is 0 Å². The quantitative estimate of drug-likeness (QED) is 0.181. The van der Waals surface area contributed by atoms with Crippen LogP contribution in [-0.2, 0) is 19.3 Å². The van der Waals surface area contributed by atoms with Crippen molar-refractivity contribution in [2.45, 2.75) is 19.3 Å². The summed E-state index contributed by atoms with van der Waals surface area (Å²) < 4.78 is 41.4. The summed E-state index contributed by atoms with van der Waals surface area (Å²) in [6.45, 7) is 0.772. The molecule has 3 N–H and O–H groups in total. The number of nitrogens with zero attached hydrogens (tertiary/aromatic N) is 2. The Hall–Kier alpha value is -4.31. The average molecular weight is 594 g/mol. The van der Waals surface area contributed by atoms with Crippen LogP contribution in [0.4, 0.5) is 29.5 Å². The standard InChI is InChI=1S/C29H23BrF3N5O/c30-25-18-36-38-26(25)13-22(21-5-2-1-3-6-21)14-27(38)34-16-19-9-11-20(12-10-19)17-35-28(39)37-24-8-4-7-23(15-24)29(31,32)33/h1-15,18,34H,16-17H2,(H2,35,37,39). The summed E-state index contributed by atoms with van der Waals surface area (Å²) in [7, 11) is 0. The molecule has 0 bridgehead atoms. The number of pyridine rings is 1. The molecule has 0 spiro atoms. The molecule has 0 saturated heterocycles. The van der Waals surface area contributed by atoms with E-state index in [9.17, 15) is 18.0 Å². The van der Waals surface area contributed by atoms with Crippen LogP contribution in [-0.4, -0.2) is 15.6 Å². The van der Waals surface area contributed by atoms with Gasteiger partial charge in [-0.2, -0.15) is 18.3 Å². The SMILES string of the molecule is O=C(NCc1ccc(CNc2cc(-c3ccccc3)cc3c(Br)cnn23)cc1)Nc1cccc(C(F)(F)F)c1. The molecule has 3 aromatic carbocycles. The third-order valence-corrected chi connectivity index (χ3v) is 6.69. The number of hydrogen-bond donors (Lipinski definition) is 3. The lowest BCUT2D eigenvalue weighted by Crippen LogP contribution is -2.28. The van der Waals surface area contributed by atoms with Crippen molar-refractivity contribution in [1.82, 2.24) is 14.9 Å². The lowest BCUT2D eigenvalue weighted by atomic mass is 10.1. The van der Waals surface area contributed by atoms with Gasteiger partial charge >= 0.3 is 12.2 Å². The maximum atomic E-state index is 12.9. The normalized spacial score (nSPS) is 11.4. The molecular formula is C29H23BrF3N5O. The van der Waals surface area contributed by atoms with Crippen LogP contribution < -0.4 is 16.0 Å². The molecule has 198 valence electrons. The van der Waals surface area contributed by atoms with Crippen LogP contribution in [0.15, 0.2) is 102 Å². The van der Waals surface area contributed by atoms with Crippen molar-refractivity contribution in [2.75, 3.05) is 10.6 Å². The number of hydrogen-bond acceptors (Lipinski definition) is 3. The number of halogens is 4. The number of carbonyl (C=O) groups is 1. The van der Waals surface area contributed by atoms with Crippen molar-refractivity contribution in [1.29, 1.82) is 0 Å². The first kappa shape index (κ1) is 26.3. The van der Waals surface area contributed by atoms with Crippen LogP contribution >= 0.6 is 15.9 Å². The summed E-state index contributed by atoms with van der Waals surface area (Å²) in [5, 5.41) is 13.0. The minimum Gasteiger partial charge on any atom is -0.366 e. The Bertz CT molecular complexity index is 1600. The highest BCUT2D eigenvalue weighted by Gasteiger charge is 2.30. The van der Waals surface area contributed by atoms with E-state index in [0.717, 1.165) is 50.2 Å². The Morgan fingerprint density at radius 3 is 2.28 bits per heavy atom. The molecule has 5 rings (SSSR count). The number of aromatic nitrogens is 2. The first-order valence-corrected chi connectivity index (χ1v) is 12.8. The fourth-order valence-electron chi connectivity index (χ4n) is 4.08. The summed E-state index contributed by atoms with van der Waals surface area (Å²) in [5.74, 6) is 0.842. The lowest BCUT2D eigenvalue weighted by molar-refractivity contribution is -0.137. The highest BCUT2D eigenvalue weighted by atomic mass is 79.9. The predicted octanol–water partition coefficient (Wildman–Crippen LogP) is 7.72. The van der Waals surface area contributed by atoms with Crippen molar-refractivity contribution in [2.24, 2.45) is 0 Å². The first-order valence-electron chi connectivity index (χ1n) is 12.0. The van der Waals surface area contributed by atoms with Crippen molar-refractivity contribution < 1.29 is 18.0 Å². The number of rotatable bonds is 7. The fraction of sp³-hybridized carbons (Fsp3) is 0.103. The smallest absolute Gasteiger partial charge is 0.366 e. The molecule has 10 heteroatoms. The fourth-order valence-corrected chi connectivity index (χ4v) is 4.45. The third kappa shape index (κ3) is 6.40. The molecule has 0 fully saturated rings. The molecule has 6 nitrogen and oxygen atoms in total. The molecule has 0 saturated carbocycles. The molecule has 0 aliphatic rings. The van der Waals surface area contributed by atoms with Gasteiger partial charge in [-0.15, -0.1) is 0 Å². The molecule has 2 amide bonds. The van der Waals surface area contributed by atoms with E-state index in [1.807, 2.05) is 47.0 Å². The van der Waals surface area contributed by atoms with Gasteiger partial charge in [-0.25, -0.2) is 9.31 Å². The van der Waals surface area contributed by atoms with Gasteiger partial charge in [-0.3, -0.25) is 0 Å². The van der Waals surface area contributed by atoms with Gasteiger partial charge in [-0.05, 0) is 68.5 Å². The van der Waals surface area contributed by atoms with E-state index in [1.54, 1.807) is 6.20 Å². The highest BCUT2D eigenvalue weighted by molar-refractivity contribution is 9.10. The van der Waals surface area contributed by atoms with Gasteiger partial charge in [0.1, 0.15) is 5.82 Å². The zero-order chi connectivity index (χ0) is 27.4. The van der Waals surface area contributed by atoms with E-state index in [4.69, 9.17) is 0 Å². The van der Waals surface area contributed by atoms with Crippen molar-refractivity contribution in [3.63, 3.8) is 0 Å². The number of nitrogens with one attached hydrogen (secondary N) is 3. The Morgan fingerprint density at radius 2 is 1.56 bits per heavy atom. The van der Waals surface area contributed by atoms with Gasteiger partial charge < -0.3 is 16.0 Å². The molecule has 2 aromatic heterocycles. The van der Waals surface area contributed by atoms with Crippen LogP contribution in [0, 0.1) is 0 Å². The van der Waals surface area contributed by atoms with Crippen LogP contribution in [0.3, 0.4) is 0 Å². The maximum Gasteiger partial charge on any atom is 0.416 e. The molecule has 0 unspecified atom stereocenters. The number of anilines is 2. The van der Waals surface area contributed by atoms with Crippen LogP contribution in [0.1, 0.15) is 16.7 Å². The highest BCUT2D eigenvalue weighted by Crippen LogP contribution is 2.31. The number of amides is 2. The molecular weight excluding hydrogens is 571 g/mol. The van der Waals surface area contributed by atoms with Gasteiger partial charge in [0, 0.05) is 18.8 Å². The zero-order valence-electron chi connectivity index (χ0n) is 20.5. The van der Waals surface area contributed by atoms with E-state index in [2.05, 4.69) is 61.2 Å². The monoisotopic (exact) mass is 593 g/mol. The maximum absolute atomic E-state index is 12.9. The predicted molar refractivity (Wildman–Crippen MR) is 149 cm³/mol. The number of fused-ring (bicyclic) bond motifs is 1. The topological polar surface area (TPSA) is 70.5 Å². The van der Waals surface area contributed by atoms with Gasteiger partial charge in [0.2, 0.25) is 0 Å². The van der Waals surface area contributed by atoms with Crippen LogP contribution in [0.25, 0.3) is 16.6 Å². The second-order valence-corrected chi connectivity index (χ2v) is 9.70. The molecule has 5 aromatic rings. The van der Waals surface area contributed by atoms with Crippen molar-refractivity contribution in [3.05, 3.63) is 118 Å². The van der Waals surface area contributed by atoms with Gasteiger partial charge in [0.05, 0.1) is 21.7 Å². The molecule has 2 heterocycles. The first-order chi connectivity index (χ1) is 18.8. The Balaban J connectivity index is 1.20. The molecule has 0 radical (unpaired) electrons. The summed E-state index contributed by atoms with van der Waals surface area (Å²) in [6.07, 6.45) is -2.71. The Kier molecular flexibility index (Phi) is 7.56. The third-order valence-electron chi connectivity index (χ3n) is 6.08. The van der Waals surface area contributed by atoms with Crippen LogP contribution in [0.2, 0.25) is 0 Å². The van der Waals surface area contributed by atoms with E-state index in [0.29, 0.717) is 6.54 Å². The van der Waals surface area contributed by atoms with Gasteiger partial charge in [-0.1, -0.05) is 60.7 Å². The summed E-state index contributed by atoms with van der Waals surface area (Å²) in [5.41, 5.74) is 4.24. The van der Waals surface area contributed by atoms with Gasteiger partial charge in [0.25, 0.3) is 0 Å². The summed E-state index contributed by atoms with van der Waals surface area (Å²) in [4.78, 5) is 12.2. The second kappa shape index (κ2) is 11.2. The van der Waals surface area contributed by atoms with E-state index >= 15 is 0 Å². The van der Waals surface area contributed by atoms with E-state index in [-0.39, 0.29) is 12.2 Å².